The van der Waals surface area contributed by atoms with E-state index in [2.05, 4.69) is 10.0 Å². The van der Waals surface area contributed by atoms with Gasteiger partial charge in [0.2, 0.25) is 10.0 Å². The first kappa shape index (κ1) is 20.4. The van der Waals surface area contributed by atoms with Crippen LogP contribution in [0.15, 0.2) is 23.1 Å². The number of hydrogen-bond donors (Lipinski definition) is 3. The smallest absolute Gasteiger partial charge is 0.337 e. The fourth-order valence-corrected chi connectivity index (χ4v) is 3.63. The van der Waals surface area contributed by atoms with E-state index < -0.39 is 22.0 Å². The lowest BCUT2D eigenvalue weighted by Gasteiger charge is -2.18. The van der Waals surface area contributed by atoms with E-state index >= 15 is 0 Å². The van der Waals surface area contributed by atoms with Gasteiger partial charge in [-0.1, -0.05) is 13.3 Å². The summed E-state index contributed by atoms with van der Waals surface area (Å²) in [7, 11) is -2.34. The van der Waals surface area contributed by atoms with E-state index in [9.17, 15) is 18.3 Å². The number of carbonyl (C=O) groups is 1. The maximum atomic E-state index is 12.3. The molecule has 0 heterocycles. The van der Waals surface area contributed by atoms with Gasteiger partial charge >= 0.3 is 5.97 Å². The SMILES string of the molecule is CCCC(C)Nc1ccc(S(=O)(=O)NC(C)COC)cc1C(=O)O. The molecule has 0 aliphatic rings. The van der Waals surface area contributed by atoms with E-state index in [0.29, 0.717) is 5.69 Å². The molecule has 0 aliphatic heterocycles. The van der Waals surface area contributed by atoms with E-state index in [4.69, 9.17) is 4.74 Å². The number of hydrogen-bond acceptors (Lipinski definition) is 5. The Morgan fingerprint density at radius 3 is 2.50 bits per heavy atom. The fourth-order valence-electron chi connectivity index (χ4n) is 2.38. The highest BCUT2D eigenvalue weighted by Gasteiger charge is 2.21. The van der Waals surface area contributed by atoms with E-state index in [0.717, 1.165) is 12.8 Å². The lowest BCUT2D eigenvalue weighted by molar-refractivity contribution is 0.0697. The van der Waals surface area contributed by atoms with Gasteiger partial charge < -0.3 is 15.2 Å². The van der Waals surface area contributed by atoms with Crippen molar-refractivity contribution in [1.29, 1.82) is 0 Å². The van der Waals surface area contributed by atoms with E-state index in [1.54, 1.807) is 6.92 Å². The first-order valence-electron chi connectivity index (χ1n) is 7.86. The second-order valence-electron chi connectivity index (χ2n) is 5.82. The molecule has 1 aromatic rings. The molecule has 136 valence electrons. The number of aromatic carboxylic acids is 1. The molecule has 2 atom stereocenters. The average molecular weight is 358 g/mol. The Morgan fingerprint density at radius 2 is 1.96 bits per heavy atom. The number of methoxy groups -OCH3 is 1. The first-order chi connectivity index (χ1) is 11.2. The van der Waals surface area contributed by atoms with Crippen LogP contribution in [0.5, 0.6) is 0 Å². The molecule has 0 aromatic heterocycles. The summed E-state index contributed by atoms with van der Waals surface area (Å²) >= 11 is 0. The molecule has 0 amide bonds. The molecular formula is C16H26N2O5S. The normalized spacial score (nSPS) is 14.2. The van der Waals surface area contributed by atoms with E-state index in [1.165, 1.54) is 25.3 Å². The molecule has 0 aliphatic carbocycles. The summed E-state index contributed by atoms with van der Waals surface area (Å²) in [6.45, 7) is 5.88. The van der Waals surface area contributed by atoms with Gasteiger partial charge in [-0.3, -0.25) is 0 Å². The summed E-state index contributed by atoms with van der Waals surface area (Å²) in [5.74, 6) is -1.18. The second kappa shape index (κ2) is 9.00. The number of sulfonamides is 1. The van der Waals surface area contributed by atoms with Crippen molar-refractivity contribution in [3.8, 4) is 0 Å². The highest BCUT2D eigenvalue weighted by molar-refractivity contribution is 7.89. The van der Waals surface area contributed by atoms with Crippen LogP contribution in [0.4, 0.5) is 5.69 Å². The lowest BCUT2D eigenvalue weighted by atomic mass is 10.1. The van der Waals surface area contributed by atoms with Crippen LogP contribution in [-0.4, -0.2) is 45.3 Å². The number of anilines is 1. The quantitative estimate of drug-likeness (QED) is 0.593. The largest absolute Gasteiger partial charge is 0.478 e. The van der Waals surface area contributed by atoms with Gasteiger partial charge in [-0.25, -0.2) is 17.9 Å². The zero-order chi connectivity index (χ0) is 18.3. The minimum Gasteiger partial charge on any atom is -0.478 e. The van der Waals surface area contributed by atoms with Crippen molar-refractivity contribution in [2.75, 3.05) is 19.0 Å². The van der Waals surface area contributed by atoms with Gasteiger partial charge in [-0.15, -0.1) is 0 Å². The van der Waals surface area contributed by atoms with Crippen molar-refractivity contribution in [2.45, 2.75) is 50.6 Å². The zero-order valence-electron chi connectivity index (χ0n) is 14.5. The van der Waals surface area contributed by atoms with Gasteiger partial charge in [0.15, 0.2) is 0 Å². The van der Waals surface area contributed by atoms with Gasteiger partial charge in [0.05, 0.1) is 17.1 Å². The van der Waals surface area contributed by atoms with Gasteiger partial charge in [-0.2, -0.15) is 0 Å². The number of carboxylic acids is 1. The van der Waals surface area contributed by atoms with Crippen LogP contribution in [0.1, 0.15) is 44.0 Å². The number of ether oxygens (including phenoxy) is 1. The van der Waals surface area contributed by atoms with Gasteiger partial charge in [-0.05, 0) is 38.5 Å². The average Bonchev–Trinajstić information content (AvgIpc) is 2.47. The third-order valence-electron chi connectivity index (χ3n) is 3.43. The fraction of sp³-hybridized carbons (Fsp3) is 0.562. The van der Waals surface area contributed by atoms with Crippen LogP contribution < -0.4 is 10.0 Å². The molecule has 0 saturated heterocycles. The Balaban J connectivity index is 3.11. The monoisotopic (exact) mass is 358 g/mol. The summed E-state index contributed by atoms with van der Waals surface area (Å²) in [4.78, 5) is 11.4. The third kappa shape index (κ3) is 5.77. The molecule has 0 saturated carbocycles. The highest BCUT2D eigenvalue weighted by atomic mass is 32.2. The van der Waals surface area contributed by atoms with Crippen molar-refractivity contribution in [1.82, 2.24) is 4.72 Å². The first-order valence-corrected chi connectivity index (χ1v) is 9.34. The second-order valence-corrected chi connectivity index (χ2v) is 7.54. The maximum Gasteiger partial charge on any atom is 0.337 e. The standard InChI is InChI=1S/C16H26N2O5S/c1-5-6-11(2)17-15-8-7-13(9-14(15)16(19)20)24(21,22)18-12(3)10-23-4/h7-9,11-12,17-18H,5-6,10H2,1-4H3,(H,19,20). The minimum atomic E-state index is -3.81. The van der Waals surface area contributed by atoms with Crippen molar-refractivity contribution < 1.29 is 23.1 Å². The topological polar surface area (TPSA) is 105 Å². The Kier molecular flexibility index (Phi) is 7.65. The Hall–Kier alpha value is -1.64. The molecule has 0 radical (unpaired) electrons. The van der Waals surface area contributed by atoms with Crippen molar-refractivity contribution in [3.63, 3.8) is 0 Å². The van der Waals surface area contributed by atoms with Crippen molar-refractivity contribution >= 4 is 21.7 Å². The molecule has 0 fully saturated rings. The summed E-state index contributed by atoms with van der Waals surface area (Å²) in [6.07, 6.45) is 1.85. The molecule has 0 bridgehead atoms. The highest BCUT2D eigenvalue weighted by Crippen LogP contribution is 2.22. The number of rotatable bonds is 10. The molecule has 7 nitrogen and oxygen atoms in total. The van der Waals surface area contributed by atoms with Crippen LogP contribution in [-0.2, 0) is 14.8 Å². The van der Waals surface area contributed by atoms with Crippen LogP contribution in [0.2, 0.25) is 0 Å². The molecule has 3 N–H and O–H groups in total. The summed E-state index contributed by atoms with van der Waals surface area (Å²) < 4.78 is 32.1. The predicted molar refractivity (Wildman–Crippen MR) is 93.1 cm³/mol. The minimum absolute atomic E-state index is 0.0692. The Labute approximate surface area is 143 Å². The summed E-state index contributed by atoms with van der Waals surface area (Å²) in [5.41, 5.74) is 0.340. The van der Waals surface area contributed by atoms with Crippen LogP contribution in [0, 0.1) is 0 Å². The third-order valence-corrected chi connectivity index (χ3v) is 5.02. The molecule has 24 heavy (non-hydrogen) atoms. The maximum absolute atomic E-state index is 12.3. The molecule has 1 rings (SSSR count). The van der Waals surface area contributed by atoms with E-state index in [-0.39, 0.29) is 23.1 Å². The van der Waals surface area contributed by atoms with Gasteiger partial charge in [0.1, 0.15) is 0 Å². The van der Waals surface area contributed by atoms with Crippen LogP contribution in [0.3, 0.4) is 0 Å². The predicted octanol–water partition coefficient (Wildman–Crippen LogP) is 2.30. The van der Waals surface area contributed by atoms with E-state index in [1.807, 2.05) is 13.8 Å². The molecule has 1 aromatic carbocycles. The summed E-state index contributed by atoms with van der Waals surface area (Å²) in [5, 5.41) is 12.5. The number of benzene rings is 1. The number of nitrogens with one attached hydrogen (secondary N) is 2. The Bertz CT molecular complexity index is 660. The molecule has 8 heteroatoms. The lowest BCUT2D eigenvalue weighted by Crippen LogP contribution is -2.35. The van der Waals surface area contributed by atoms with Crippen molar-refractivity contribution in [2.24, 2.45) is 0 Å². The van der Waals surface area contributed by atoms with Gasteiger partial charge in [0, 0.05) is 24.9 Å². The Morgan fingerprint density at radius 1 is 1.29 bits per heavy atom. The molecule has 0 spiro atoms. The molecule has 2 unspecified atom stereocenters. The molecular weight excluding hydrogens is 332 g/mol. The van der Waals surface area contributed by atoms with Gasteiger partial charge in [0.25, 0.3) is 0 Å². The zero-order valence-corrected chi connectivity index (χ0v) is 15.3. The number of carboxylic acid groups (broad SMARTS) is 1. The summed E-state index contributed by atoms with van der Waals surface area (Å²) in [6, 6.07) is 3.73. The van der Waals surface area contributed by atoms with Crippen LogP contribution in [0.25, 0.3) is 0 Å². The van der Waals surface area contributed by atoms with Crippen LogP contribution >= 0.6 is 0 Å². The van der Waals surface area contributed by atoms with Crippen molar-refractivity contribution in [3.05, 3.63) is 23.8 Å².